The lowest BCUT2D eigenvalue weighted by Gasteiger charge is -2.06. The van der Waals surface area contributed by atoms with Crippen molar-refractivity contribution in [1.29, 1.82) is 0 Å². The normalized spacial score (nSPS) is 10.6. The Morgan fingerprint density at radius 3 is 2.63 bits per heavy atom. The Bertz CT molecular complexity index is 726. The highest BCUT2D eigenvalue weighted by atomic mass is 32.1. The van der Waals surface area contributed by atoms with Gasteiger partial charge in [0.2, 0.25) is 0 Å². The van der Waals surface area contributed by atoms with Crippen molar-refractivity contribution in [2.24, 2.45) is 0 Å². The van der Waals surface area contributed by atoms with Crippen LogP contribution in [0.4, 0.5) is 0 Å². The number of thiophene rings is 1. The fraction of sp³-hybridized carbons (Fsp3) is 0.250. The summed E-state index contributed by atoms with van der Waals surface area (Å²) in [6.07, 6.45) is 1.46. The summed E-state index contributed by atoms with van der Waals surface area (Å²) in [5, 5.41) is 8.83. The highest BCUT2D eigenvalue weighted by molar-refractivity contribution is 7.13. The lowest BCUT2D eigenvalue weighted by molar-refractivity contribution is 0.0702. The number of hydrogen-bond acceptors (Lipinski definition) is 4. The Hall–Kier alpha value is -2.15. The van der Waals surface area contributed by atoms with Crippen LogP contribution in [0.5, 0.6) is 0 Å². The minimum atomic E-state index is -1.01. The summed E-state index contributed by atoms with van der Waals surface area (Å²) >= 11 is 1.06. The van der Waals surface area contributed by atoms with E-state index in [1.807, 2.05) is 6.92 Å². The zero-order valence-electron chi connectivity index (χ0n) is 10.2. The molecule has 0 saturated carbocycles. The highest BCUT2D eigenvalue weighted by Crippen LogP contribution is 2.16. The van der Waals surface area contributed by atoms with E-state index in [1.54, 1.807) is 6.07 Å². The Kier molecular flexibility index (Phi) is 3.66. The maximum Gasteiger partial charge on any atom is 0.345 e. The predicted octanol–water partition coefficient (Wildman–Crippen LogP) is 0.838. The van der Waals surface area contributed by atoms with Gasteiger partial charge in [-0.25, -0.2) is 9.59 Å². The molecule has 0 radical (unpaired) electrons. The summed E-state index contributed by atoms with van der Waals surface area (Å²) in [5.41, 5.74) is -0.778. The summed E-state index contributed by atoms with van der Waals surface area (Å²) in [4.78, 5) is 35.3. The van der Waals surface area contributed by atoms with Crippen LogP contribution in [0.2, 0.25) is 0 Å². The van der Waals surface area contributed by atoms with Gasteiger partial charge in [-0.1, -0.05) is 0 Å². The molecule has 0 unspecified atom stereocenters. The third-order valence-electron chi connectivity index (χ3n) is 2.67. The SMILES string of the molecule is CCn1ccc(=O)n(Cc2ccc(C(=O)O)s2)c1=O. The molecule has 2 heterocycles. The largest absolute Gasteiger partial charge is 0.477 e. The van der Waals surface area contributed by atoms with Crippen LogP contribution in [-0.4, -0.2) is 20.2 Å². The lowest BCUT2D eigenvalue weighted by atomic mass is 10.4. The lowest BCUT2D eigenvalue weighted by Crippen LogP contribution is -2.38. The van der Waals surface area contributed by atoms with E-state index in [0.29, 0.717) is 11.4 Å². The summed E-state index contributed by atoms with van der Waals surface area (Å²) in [5.74, 6) is -1.01. The first-order valence-electron chi connectivity index (χ1n) is 5.65. The van der Waals surface area contributed by atoms with Crippen LogP contribution in [-0.2, 0) is 13.1 Å². The van der Waals surface area contributed by atoms with Crippen LogP contribution in [0.3, 0.4) is 0 Å². The molecule has 0 aliphatic carbocycles. The van der Waals surface area contributed by atoms with E-state index in [1.165, 1.54) is 22.9 Å². The molecule has 0 bridgehead atoms. The van der Waals surface area contributed by atoms with Crippen LogP contribution in [0, 0.1) is 0 Å². The molecule has 100 valence electrons. The molecule has 7 heteroatoms. The van der Waals surface area contributed by atoms with Crippen molar-refractivity contribution in [2.75, 3.05) is 0 Å². The summed E-state index contributed by atoms with van der Waals surface area (Å²) in [7, 11) is 0. The minimum absolute atomic E-state index is 0.0937. The van der Waals surface area contributed by atoms with Crippen molar-refractivity contribution in [2.45, 2.75) is 20.0 Å². The van der Waals surface area contributed by atoms with Crippen LogP contribution in [0.15, 0.2) is 34.0 Å². The van der Waals surface area contributed by atoms with Crippen LogP contribution in [0.25, 0.3) is 0 Å². The van der Waals surface area contributed by atoms with E-state index in [-0.39, 0.29) is 22.7 Å². The maximum absolute atomic E-state index is 12.0. The molecular formula is C12H12N2O4S. The fourth-order valence-corrected chi connectivity index (χ4v) is 2.51. The van der Waals surface area contributed by atoms with Gasteiger partial charge in [0, 0.05) is 23.7 Å². The second kappa shape index (κ2) is 5.23. The number of hydrogen-bond donors (Lipinski definition) is 1. The first-order valence-corrected chi connectivity index (χ1v) is 6.47. The number of nitrogens with zero attached hydrogens (tertiary/aromatic N) is 2. The van der Waals surface area contributed by atoms with Gasteiger partial charge in [0.05, 0.1) is 6.54 Å². The van der Waals surface area contributed by atoms with Crippen LogP contribution in [0.1, 0.15) is 21.5 Å². The predicted molar refractivity (Wildman–Crippen MR) is 71.0 cm³/mol. The van der Waals surface area contributed by atoms with Crippen molar-refractivity contribution in [3.8, 4) is 0 Å². The molecule has 0 amide bonds. The van der Waals surface area contributed by atoms with Crippen molar-refractivity contribution >= 4 is 17.3 Å². The summed E-state index contributed by atoms with van der Waals surface area (Å²) < 4.78 is 2.52. The Morgan fingerprint density at radius 2 is 2.05 bits per heavy atom. The minimum Gasteiger partial charge on any atom is -0.477 e. The molecule has 1 N–H and O–H groups in total. The third kappa shape index (κ3) is 2.65. The smallest absolute Gasteiger partial charge is 0.345 e. The van der Waals surface area contributed by atoms with E-state index in [0.717, 1.165) is 15.9 Å². The van der Waals surface area contributed by atoms with Crippen molar-refractivity contribution < 1.29 is 9.90 Å². The molecule has 0 atom stereocenters. The molecule has 2 rings (SSSR count). The first-order chi connectivity index (χ1) is 9.02. The standard InChI is InChI=1S/C12H12N2O4S/c1-2-13-6-5-10(15)14(12(13)18)7-8-3-4-9(19-8)11(16)17/h3-6H,2,7H2,1H3,(H,16,17). The molecule has 0 aliphatic rings. The molecule has 19 heavy (non-hydrogen) atoms. The van der Waals surface area contributed by atoms with E-state index in [4.69, 9.17) is 5.11 Å². The van der Waals surface area contributed by atoms with Gasteiger partial charge in [-0.2, -0.15) is 0 Å². The van der Waals surface area contributed by atoms with Gasteiger partial charge in [-0.3, -0.25) is 9.36 Å². The zero-order chi connectivity index (χ0) is 14.0. The maximum atomic E-state index is 12.0. The number of aromatic nitrogens is 2. The molecule has 6 nitrogen and oxygen atoms in total. The monoisotopic (exact) mass is 280 g/mol. The topological polar surface area (TPSA) is 81.3 Å². The number of aryl methyl sites for hydroxylation is 1. The Labute approximate surface area is 112 Å². The second-order valence-electron chi connectivity index (χ2n) is 3.88. The first kappa shape index (κ1) is 13.3. The van der Waals surface area contributed by atoms with Gasteiger partial charge in [-0.15, -0.1) is 11.3 Å². The molecule has 0 spiro atoms. The van der Waals surface area contributed by atoms with E-state index >= 15 is 0 Å². The molecule has 2 aromatic rings. The molecule has 0 aliphatic heterocycles. The Morgan fingerprint density at radius 1 is 1.32 bits per heavy atom. The van der Waals surface area contributed by atoms with Gasteiger partial charge in [-0.05, 0) is 19.1 Å². The molecule has 0 saturated heterocycles. The van der Waals surface area contributed by atoms with Crippen molar-refractivity contribution in [3.63, 3.8) is 0 Å². The van der Waals surface area contributed by atoms with Crippen LogP contribution < -0.4 is 11.2 Å². The summed E-state index contributed by atoms with van der Waals surface area (Å²) in [6.45, 7) is 2.38. The van der Waals surface area contributed by atoms with Gasteiger partial charge in [0.25, 0.3) is 5.56 Å². The summed E-state index contributed by atoms with van der Waals surface area (Å²) in [6, 6.07) is 4.41. The van der Waals surface area contributed by atoms with Crippen molar-refractivity contribution in [3.05, 3.63) is 55.0 Å². The number of rotatable bonds is 4. The van der Waals surface area contributed by atoms with Gasteiger partial charge in [0.15, 0.2) is 0 Å². The van der Waals surface area contributed by atoms with E-state index in [9.17, 15) is 14.4 Å². The van der Waals surface area contributed by atoms with E-state index in [2.05, 4.69) is 0 Å². The quantitative estimate of drug-likeness (QED) is 0.899. The molecular weight excluding hydrogens is 268 g/mol. The molecule has 0 aromatic carbocycles. The van der Waals surface area contributed by atoms with Crippen molar-refractivity contribution in [1.82, 2.24) is 9.13 Å². The zero-order valence-corrected chi connectivity index (χ0v) is 11.0. The highest BCUT2D eigenvalue weighted by Gasteiger charge is 2.10. The van der Waals surface area contributed by atoms with Gasteiger partial charge < -0.3 is 9.67 Å². The Balaban J connectivity index is 2.40. The van der Waals surface area contributed by atoms with Crippen LogP contribution >= 0.6 is 11.3 Å². The number of aromatic carboxylic acids is 1. The number of carboxylic acid groups (broad SMARTS) is 1. The van der Waals surface area contributed by atoms with E-state index < -0.39 is 5.97 Å². The fourth-order valence-electron chi connectivity index (χ4n) is 1.68. The third-order valence-corrected chi connectivity index (χ3v) is 3.72. The molecule has 0 fully saturated rings. The number of carbonyl (C=O) groups is 1. The van der Waals surface area contributed by atoms with Gasteiger partial charge >= 0.3 is 11.7 Å². The van der Waals surface area contributed by atoms with Gasteiger partial charge in [0.1, 0.15) is 4.88 Å². The second-order valence-corrected chi connectivity index (χ2v) is 5.05. The number of carboxylic acids is 1. The average molecular weight is 280 g/mol. The molecule has 2 aromatic heterocycles. The average Bonchev–Trinajstić information content (AvgIpc) is 2.83.